The van der Waals surface area contributed by atoms with Crippen LogP contribution in [0.25, 0.3) is 0 Å². The number of aromatic carboxylic acids is 1. The van der Waals surface area contributed by atoms with Crippen LogP contribution in [0.1, 0.15) is 26.3 Å². The van der Waals surface area contributed by atoms with E-state index >= 15 is 0 Å². The molecule has 0 fully saturated rings. The largest absolute Gasteiger partial charge is 0.478 e. The molecule has 0 radical (unpaired) electrons. The van der Waals surface area contributed by atoms with Crippen LogP contribution in [-0.2, 0) is 10.0 Å². The highest BCUT2D eigenvalue weighted by Gasteiger charge is 2.26. The molecule has 24 heavy (non-hydrogen) atoms. The molecule has 0 aliphatic heterocycles. The lowest BCUT2D eigenvalue weighted by molar-refractivity contribution is 0.0696. The Morgan fingerprint density at radius 1 is 1.12 bits per heavy atom. The van der Waals surface area contributed by atoms with Crippen LogP contribution in [0.5, 0.6) is 0 Å². The van der Waals surface area contributed by atoms with E-state index < -0.39 is 21.9 Å². The Morgan fingerprint density at radius 3 is 2.33 bits per heavy atom. The first kappa shape index (κ1) is 17.5. The van der Waals surface area contributed by atoms with Gasteiger partial charge in [0.25, 0.3) is 15.9 Å². The summed E-state index contributed by atoms with van der Waals surface area (Å²) in [6.07, 6.45) is 0. The number of primary amides is 1. The van der Waals surface area contributed by atoms with Gasteiger partial charge in [0, 0.05) is 7.05 Å². The summed E-state index contributed by atoms with van der Waals surface area (Å²) < 4.78 is 26.7. The maximum absolute atomic E-state index is 12.9. The van der Waals surface area contributed by atoms with Crippen molar-refractivity contribution in [2.45, 2.75) is 11.8 Å². The smallest absolute Gasteiger partial charge is 0.335 e. The standard InChI is InChI=1S/C16H16N2O5S/c1-10-7-8-11(16(20)21)9-14(10)24(22,23)18(2)13-6-4-3-5-12(13)15(17)19/h3-9H,1-2H3,(H2,17,19)(H,20,21). The summed E-state index contributed by atoms with van der Waals surface area (Å²) in [6.45, 7) is 1.56. The van der Waals surface area contributed by atoms with Crippen LogP contribution in [0.2, 0.25) is 0 Å². The Labute approximate surface area is 139 Å². The van der Waals surface area contributed by atoms with Crippen molar-refractivity contribution in [2.24, 2.45) is 5.73 Å². The molecule has 0 atom stereocenters. The highest BCUT2D eigenvalue weighted by molar-refractivity contribution is 7.92. The molecule has 1 amide bonds. The Kier molecular flexibility index (Phi) is 4.61. The van der Waals surface area contributed by atoms with Crippen molar-refractivity contribution < 1.29 is 23.1 Å². The molecular formula is C16H16N2O5S. The van der Waals surface area contributed by atoms with Crippen molar-refractivity contribution in [3.63, 3.8) is 0 Å². The van der Waals surface area contributed by atoms with E-state index in [4.69, 9.17) is 10.8 Å². The molecule has 0 aliphatic carbocycles. The fourth-order valence-corrected chi connectivity index (χ4v) is 3.71. The van der Waals surface area contributed by atoms with E-state index in [0.717, 1.165) is 10.4 Å². The minimum Gasteiger partial charge on any atom is -0.478 e. The summed E-state index contributed by atoms with van der Waals surface area (Å²) in [5, 5.41) is 9.07. The fraction of sp³-hybridized carbons (Fsp3) is 0.125. The Bertz CT molecular complexity index is 922. The molecule has 0 aromatic heterocycles. The van der Waals surface area contributed by atoms with E-state index in [-0.39, 0.29) is 21.7 Å². The van der Waals surface area contributed by atoms with E-state index in [1.807, 2.05) is 0 Å². The number of hydrogen-bond acceptors (Lipinski definition) is 4. The van der Waals surface area contributed by atoms with Crippen molar-refractivity contribution in [3.05, 3.63) is 59.2 Å². The molecule has 8 heteroatoms. The van der Waals surface area contributed by atoms with E-state index in [1.54, 1.807) is 19.1 Å². The maximum atomic E-state index is 12.9. The number of benzene rings is 2. The maximum Gasteiger partial charge on any atom is 0.335 e. The van der Waals surface area contributed by atoms with Crippen LogP contribution in [0.4, 0.5) is 5.69 Å². The topological polar surface area (TPSA) is 118 Å². The second-order valence-corrected chi connectivity index (χ2v) is 7.08. The van der Waals surface area contributed by atoms with Gasteiger partial charge >= 0.3 is 5.97 Å². The number of rotatable bonds is 5. The van der Waals surface area contributed by atoms with Crippen LogP contribution in [0, 0.1) is 6.92 Å². The lowest BCUT2D eigenvalue weighted by Gasteiger charge is -2.22. The molecule has 2 aromatic carbocycles. The fourth-order valence-electron chi connectivity index (χ4n) is 2.24. The zero-order chi connectivity index (χ0) is 18.1. The van der Waals surface area contributed by atoms with Crippen molar-refractivity contribution in [3.8, 4) is 0 Å². The molecule has 126 valence electrons. The Morgan fingerprint density at radius 2 is 1.75 bits per heavy atom. The number of para-hydroxylation sites is 1. The minimum absolute atomic E-state index is 0.0515. The number of anilines is 1. The third-order valence-corrected chi connectivity index (χ3v) is 5.50. The summed E-state index contributed by atoms with van der Waals surface area (Å²) in [5.74, 6) is -1.99. The van der Waals surface area contributed by atoms with E-state index in [0.29, 0.717) is 5.56 Å². The van der Waals surface area contributed by atoms with Crippen LogP contribution >= 0.6 is 0 Å². The van der Waals surface area contributed by atoms with Crippen LogP contribution in [0.15, 0.2) is 47.4 Å². The van der Waals surface area contributed by atoms with Crippen molar-refractivity contribution in [1.82, 2.24) is 0 Å². The minimum atomic E-state index is -4.07. The number of carbonyl (C=O) groups is 2. The number of aryl methyl sites for hydroxylation is 1. The third kappa shape index (κ3) is 3.09. The first-order valence-corrected chi connectivity index (χ1v) is 8.32. The van der Waals surface area contributed by atoms with Gasteiger partial charge in [-0.3, -0.25) is 9.10 Å². The average molecular weight is 348 g/mol. The highest BCUT2D eigenvalue weighted by atomic mass is 32.2. The molecule has 3 N–H and O–H groups in total. The molecule has 0 saturated heterocycles. The van der Waals surface area contributed by atoms with E-state index in [2.05, 4.69) is 0 Å². The van der Waals surface area contributed by atoms with Gasteiger partial charge in [0.15, 0.2) is 0 Å². The number of sulfonamides is 1. The van der Waals surface area contributed by atoms with Gasteiger partial charge in [-0.25, -0.2) is 13.2 Å². The lowest BCUT2D eigenvalue weighted by Crippen LogP contribution is -2.29. The lowest BCUT2D eigenvalue weighted by atomic mass is 10.1. The van der Waals surface area contributed by atoms with Crippen molar-refractivity contribution >= 4 is 27.6 Å². The van der Waals surface area contributed by atoms with Crippen molar-refractivity contribution in [2.75, 3.05) is 11.4 Å². The van der Waals surface area contributed by atoms with Crippen molar-refractivity contribution in [1.29, 1.82) is 0 Å². The Hall–Kier alpha value is -2.87. The SMILES string of the molecule is Cc1ccc(C(=O)O)cc1S(=O)(=O)N(C)c1ccccc1C(N)=O. The molecular weight excluding hydrogens is 332 g/mol. The summed E-state index contributed by atoms with van der Waals surface area (Å²) in [5.41, 5.74) is 5.71. The Balaban J connectivity index is 2.62. The second-order valence-electron chi connectivity index (χ2n) is 5.14. The molecule has 0 unspecified atom stereocenters. The van der Waals surface area contributed by atoms with E-state index in [1.165, 1.54) is 31.3 Å². The highest BCUT2D eigenvalue weighted by Crippen LogP contribution is 2.27. The first-order valence-electron chi connectivity index (χ1n) is 6.88. The molecule has 0 bridgehead atoms. The van der Waals surface area contributed by atoms with Gasteiger partial charge in [0.05, 0.1) is 21.7 Å². The third-order valence-electron chi connectivity index (χ3n) is 3.58. The van der Waals surface area contributed by atoms with Gasteiger partial charge in [-0.1, -0.05) is 18.2 Å². The quantitative estimate of drug-likeness (QED) is 0.851. The zero-order valence-electron chi connectivity index (χ0n) is 13.1. The molecule has 2 aromatic rings. The molecule has 0 aliphatic rings. The number of carboxylic acid groups (broad SMARTS) is 1. The molecule has 0 spiro atoms. The number of carbonyl (C=O) groups excluding carboxylic acids is 1. The molecule has 7 nitrogen and oxygen atoms in total. The van der Waals surface area contributed by atoms with E-state index in [9.17, 15) is 18.0 Å². The summed E-state index contributed by atoms with van der Waals surface area (Å²) in [7, 11) is -2.79. The van der Waals surface area contributed by atoms with Gasteiger partial charge in [0.1, 0.15) is 0 Å². The zero-order valence-corrected chi connectivity index (χ0v) is 13.9. The van der Waals surface area contributed by atoms with Crippen LogP contribution in [-0.4, -0.2) is 32.4 Å². The predicted octanol–water partition coefficient (Wildman–Crippen LogP) is 1.62. The normalized spacial score (nSPS) is 11.1. The number of hydrogen-bond donors (Lipinski definition) is 2. The van der Waals surface area contributed by atoms with Gasteiger partial charge in [-0.15, -0.1) is 0 Å². The monoisotopic (exact) mass is 348 g/mol. The number of nitrogens with two attached hydrogens (primary N) is 1. The summed E-state index contributed by atoms with van der Waals surface area (Å²) in [6, 6.07) is 9.86. The van der Waals surface area contributed by atoms with Crippen LogP contribution < -0.4 is 10.0 Å². The van der Waals surface area contributed by atoms with Gasteiger partial charge < -0.3 is 10.8 Å². The average Bonchev–Trinajstić information content (AvgIpc) is 2.54. The summed E-state index contributed by atoms with van der Waals surface area (Å²) >= 11 is 0. The molecule has 0 heterocycles. The van der Waals surface area contributed by atoms with Crippen LogP contribution in [0.3, 0.4) is 0 Å². The summed E-state index contributed by atoms with van der Waals surface area (Å²) in [4.78, 5) is 22.5. The van der Waals surface area contributed by atoms with Gasteiger partial charge in [-0.05, 0) is 36.8 Å². The first-order chi connectivity index (χ1) is 11.2. The van der Waals surface area contributed by atoms with Gasteiger partial charge in [0.2, 0.25) is 0 Å². The number of carboxylic acids is 1. The van der Waals surface area contributed by atoms with Gasteiger partial charge in [-0.2, -0.15) is 0 Å². The molecule has 0 saturated carbocycles. The second kappa shape index (κ2) is 6.32. The number of amides is 1. The predicted molar refractivity (Wildman–Crippen MR) is 88.7 cm³/mol. The molecule has 2 rings (SSSR count). The number of nitrogens with zero attached hydrogens (tertiary/aromatic N) is 1.